The number of benzene rings is 2. The molecule has 0 heterocycles. The topological polar surface area (TPSA) is 86.8 Å². The first-order valence-electron chi connectivity index (χ1n) is 11.3. The number of sulfonamides is 1. The van der Waals surface area contributed by atoms with Gasteiger partial charge in [-0.1, -0.05) is 49.4 Å². The van der Waals surface area contributed by atoms with Crippen LogP contribution in [0.2, 0.25) is 0 Å². The number of anilines is 1. The SMILES string of the molecule is CCCNC(=O)[C@H](C)N(Cc1ccccc1C)C(=O)CCCN(c1ccccc1)S(C)(=O)=O. The molecule has 2 aromatic rings. The van der Waals surface area contributed by atoms with Crippen molar-refractivity contribution in [1.29, 1.82) is 0 Å². The number of nitrogens with zero attached hydrogens (tertiary/aromatic N) is 2. The van der Waals surface area contributed by atoms with Crippen LogP contribution in [0.4, 0.5) is 5.69 Å². The molecule has 0 fully saturated rings. The number of amides is 2. The van der Waals surface area contributed by atoms with Gasteiger partial charge >= 0.3 is 0 Å². The Bertz CT molecular complexity index is 1020. The van der Waals surface area contributed by atoms with Crippen molar-refractivity contribution in [2.45, 2.75) is 52.6 Å². The summed E-state index contributed by atoms with van der Waals surface area (Å²) in [5.41, 5.74) is 2.59. The van der Waals surface area contributed by atoms with E-state index in [1.807, 2.05) is 44.2 Å². The average Bonchev–Trinajstić information content (AvgIpc) is 2.78. The molecule has 180 valence electrons. The molecule has 0 bridgehead atoms. The third kappa shape index (κ3) is 7.89. The zero-order valence-corrected chi connectivity index (χ0v) is 20.8. The van der Waals surface area contributed by atoms with E-state index in [0.29, 0.717) is 25.2 Å². The molecule has 2 rings (SSSR count). The highest BCUT2D eigenvalue weighted by atomic mass is 32.2. The smallest absolute Gasteiger partial charge is 0.242 e. The Morgan fingerprint density at radius 2 is 1.67 bits per heavy atom. The van der Waals surface area contributed by atoms with Gasteiger partial charge in [0, 0.05) is 26.1 Å². The van der Waals surface area contributed by atoms with Crippen LogP contribution in [0, 0.1) is 6.92 Å². The molecule has 0 aliphatic carbocycles. The minimum Gasteiger partial charge on any atom is -0.354 e. The molecule has 0 saturated heterocycles. The van der Waals surface area contributed by atoms with E-state index in [1.165, 1.54) is 4.31 Å². The van der Waals surface area contributed by atoms with Gasteiger partial charge in [-0.25, -0.2) is 8.42 Å². The lowest BCUT2D eigenvalue weighted by Gasteiger charge is -2.30. The van der Waals surface area contributed by atoms with Gasteiger partial charge in [-0.15, -0.1) is 0 Å². The van der Waals surface area contributed by atoms with Crippen LogP contribution in [0.3, 0.4) is 0 Å². The van der Waals surface area contributed by atoms with Crippen LogP contribution in [0.1, 0.15) is 44.2 Å². The van der Waals surface area contributed by atoms with Gasteiger partial charge in [0.05, 0.1) is 11.9 Å². The molecule has 0 unspecified atom stereocenters. The lowest BCUT2D eigenvalue weighted by atomic mass is 10.1. The molecule has 1 N–H and O–H groups in total. The van der Waals surface area contributed by atoms with Crippen LogP contribution in [-0.2, 0) is 26.2 Å². The standard InChI is InChI=1S/C25H35N3O4S/c1-5-17-26-25(30)21(3)27(19-22-13-10-9-12-20(22)2)24(29)16-11-18-28(33(4,31)32)23-14-7-6-8-15-23/h6-10,12-15,21H,5,11,16-19H2,1-4H3,(H,26,30)/t21-/m0/s1. The molecule has 7 nitrogen and oxygen atoms in total. The largest absolute Gasteiger partial charge is 0.354 e. The van der Waals surface area contributed by atoms with Gasteiger partial charge in [0.15, 0.2) is 0 Å². The normalized spacial score (nSPS) is 12.1. The minimum absolute atomic E-state index is 0.135. The summed E-state index contributed by atoms with van der Waals surface area (Å²) in [6.07, 6.45) is 2.45. The van der Waals surface area contributed by atoms with Crippen molar-refractivity contribution in [2.24, 2.45) is 0 Å². The van der Waals surface area contributed by atoms with E-state index in [0.717, 1.165) is 23.8 Å². The van der Waals surface area contributed by atoms with Crippen molar-refractivity contribution in [1.82, 2.24) is 10.2 Å². The molecular weight excluding hydrogens is 438 g/mol. The number of hydrogen-bond donors (Lipinski definition) is 1. The Morgan fingerprint density at radius 1 is 1.03 bits per heavy atom. The number of rotatable bonds is 12. The summed E-state index contributed by atoms with van der Waals surface area (Å²) < 4.78 is 25.9. The van der Waals surface area contributed by atoms with Crippen molar-refractivity contribution in [2.75, 3.05) is 23.7 Å². The van der Waals surface area contributed by atoms with Crippen LogP contribution in [-0.4, -0.2) is 50.5 Å². The number of para-hydroxylation sites is 1. The Kier molecular flexibility index (Phi) is 9.91. The summed E-state index contributed by atoms with van der Waals surface area (Å²) in [4.78, 5) is 27.4. The van der Waals surface area contributed by atoms with Crippen LogP contribution in [0.5, 0.6) is 0 Å². The maximum absolute atomic E-state index is 13.2. The van der Waals surface area contributed by atoms with E-state index in [9.17, 15) is 18.0 Å². The van der Waals surface area contributed by atoms with Gasteiger partial charge in [0.1, 0.15) is 6.04 Å². The van der Waals surface area contributed by atoms with Crippen LogP contribution < -0.4 is 9.62 Å². The fourth-order valence-corrected chi connectivity index (χ4v) is 4.51. The second-order valence-electron chi connectivity index (χ2n) is 8.19. The molecule has 1 atom stereocenters. The summed E-state index contributed by atoms with van der Waals surface area (Å²) >= 11 is 0. The summed E-state index contributed by atoms with van der Waals surface area (Å²) in [6, 6.07) is 16.0. The zero-order chi connectivity index (χ0) is 24.4. The van der Waals surface area contributed by atoms with E-state index in [-0.39, 0.29) is 24.8 Å². The number of carbonyl (C=O) groups excluding carboxylic acids is 2. The third-order valence-electron chi connectivity index (χ3n) is 5.51. The highest BCUT2D eigenvalue weighted by Gasteiger charge is 2.26. The first-order valence-corrected chi connectivity index (χ1v) is 13.1. The Hall–Kier alpha value is -2.87. The monoisotopic (exact) mass is 473 g/mol. The van der Waals surface area contributed by atoms with Crippen LogP contribution in [0.15, 0.2) is 54.6 Å². The zero-order valence-electron chi connectivity index (χ0n) is 20.0. The Balaban J connectivity index is 2.14. The fraction of sp³-hybridized carbons (Fsp3) is 0.440. The molecule has 33 heavy (non-hydrogen) atoms. The molecule has 0 aliphatic heterocycles. The summed E-state index contributed by atoms with van der Waals surface area (Å²) in [6.45, 7) is 6.74. The van der Waals surface area contributed by atoms with Crippen molar-refractivity contribution >= 4 is 27.5 Å². The van der Waals surface area contributed by atoms with Crippen LogP contribution >= 0.6 is 0 Å². The van der Waals surface area contributed by atoms with Crippen molar-refractivity contribution < 1.29 is 18.0 Å². The first kappa shape index (κ1) is 26.4. The summed E-state index contributed by atoms with van der Waals surface area (Å²) in [5, 5.41) is 2.86. The molecule has 0 aromatic heterocycles. The number of aryl methyl sites for hydroxylation is 1. The predicted molar refractivity (Wildman–Crippen MR) is 132 cm³/mol. The molecule has 0 radical (unpaired) electrons. The lowest BCUT2D eigenvalue weighted by Crippen LogP contribution is -2.48. The van der Waals surface area contributed by atoms with Gasteiger partial charge in [-0.2, -0.15) is 0 Å². The number of nitrogens with one attached hydrogen (secondary N) is 1. The average molecular weight is 474 g/mol. The highest BCUT2D eigenvalue weighted by molar-refractivity contribution is 7.92. The lowest BCUT2D eigenvalue weighted by molar-refractivity contribution is -0.140. The molecular formula is C25H35N3O4S. The molecule has 0 saturated carbocycles. The second-order valence-corrected chi connectivity index (χ2v) is 10.1. The van der Waals surface area contributed by atoms with E-state index in [4.69, 9.17) is 0 Å². The maximum Gasteiger partial charge on any atom is 0.242 e. The van der Waals surface area contributed by atoms with E-state index in [1.54, 1.807) is 36.1 Å². The van der Waals surface area contributed by atoms with E-state index < -0.39 is 16.1 Å². The summed E-state index contributed by atoms with van der Waals surface area (Å²) in [7, 11) is -3.49. The van der Waals surface area contributed by atoms with Gasteiger partial charge in [-0.05, 0) is 49.9 Å². The quantitative estimate of drug-likeness (QED) is 0.511. The third-order valence-corrected chi connectivity index (χ3v) is 6.71. The first-order chi connectivity index (χ1) is 15.6. The number of hydrogen-bond acceptors (Lipinski definition) is 4. The second kappa shape index (κ2) is 12.4. The van der Waals surface area contributed by atoms with E-state index in [2.05, 4.69) is 5.32 Å². The van der Waals surface area contributed by atoms with Gasteiger partial charge in [0.2, 0.25) is 21.8 Å². The predicted octanol–water partition coefficient (Wildman–Crippen LogP) is 3.48. The van der Waals surface area contributed by atoms with Gasteiger partial charge in [-0.3, -0.25) is 13.9 Å². The highest BCUT2D eigenvalue weighted by Crippen LogP contribution is 2.19. The Morgan fingerprint density at radius 3 is 2.27 bits per heavy atom. The Labute approximate surface area is 197 Å². The van der Waals surface area contributed by atoms with Crippen LogP contribution in [0.25, 0.3) is 0 Å². The van der Waals surface area contributed by atoms with Crippen molar-refractivity contribution in [3.63, 3.8) is 0 Å². The molecule has 0 aliphatic rings. The van der Waals surface area contributed by atoms with Crippen molar-refractivity contribution in [3.8, 4) is 0 Å². The van der Waals surface area contributed by atoms with E-state index >= 15 is 0 Å². The number of carbonyl (C=O) groups is 2. The maximum atomic E-state index is 13.2. The molecule has 0 spiro atoms. The van der Waals surface area contributed by atoms with Crippen molar-refractivity contribution in [3.05, 3.63) is 65.7 Å². The van der Waals surface area contributed by atoms with Gasteiger partial charge < -0.3 is 10.2 Å². The molecule has 2 amide bonds. The molecule has 8 heteroatoms. The minimum atomic E-state index is -3.49. The fourth-order valence-electron chi connectivity index (χ4n) is 3.55. The molecule has 2 aromatic carbocycles. The van der Waals surface area contributed by atoms with Gasteiger partial charge in [0.25, 0.3) is 0 Å². The summed E-state index contributed by atoms with van der Waals surface area (Å²) in [5.74, 6) is -0.375.